The van der Waals surface area contributed by atoms with E-state index in [1.807, 2.05) is 0 Å². The highest BCUT2D eigenvalue weighted by Gasteiger charge is 2.30. The van der Waals surface area contributed by atoms with E-state index in [2.05, 4.69) is 4.98 Å². The van der Waals surface area contributed by atoms with E-state index in [1.54, 1.807) is 36.7 Å². The normalized spacial score (nSPS) is 19.1. The number of hydrogen-bond acceptors (Lipinski definition) is 4. The maximum Gasteiger partial charge on any atom is 0.218 e. The van der Waals surface area contributed by atoms with Gasteiger partial charge in [0.25, 0.3) is 0 Å². The first kappa shape index (κ1) is 16.9. The van der Waals surface area contributed by atoms with Gasteiger partial charge in [-0.2, -0.15) is 4.31 Å². The Kier molecular flexibility index (Phi) is 5.11. The Labute approximate surface area is 141 Å². The molecule has 0 spiro atoms. The Morgan fingerprint density at radius 3 is 2.71 bits per heavy atom. The lowest BCUT2D eigenvalue weighted by Gasteiger charge is -2.32. The summed E-state index contributed by atoms with van der Waals surface area (Å²) >= 11 is 0. The molecule has 1 aliphatic rings. The van der Waals surface area contributed by atoms with Gasteiger partial charge in [0.2, 0.25) is 10.0 Å². The van der Waals surface area contributed by atoms with Crippen LogP contribution in [0, 0.1) is 5.82 Å². The zero-order chi connectivity index (χ0) is 17.0. The second-order valence-electron chi connectivity index (χ2n) is 5.77. The molecule has 1 aromatic carbocycles. The summed E-state index contributed by atoms with van der Waals surface area (Å²) in [4.78, 5) is 3.93. The van der Waals surface area contributed by atoms with Crippen LogP contribution in [0.25, 0.3) is 0 Å². The predicted octanol–water partition coefficient (Wildman–Crippen LogP) is 2.59. The third kappa shape index (κ3) is 4.10. The zero-order valence-corrected chi connectivity index (χ0v) is 14.0. The average molecular weight is 350 g/mol. The minimum atomic E-state index is -3.58. The SMILES string of the molecule is O=S(=O)(Cc1ccccc1F)N1CCCC(Oc2ccncc2)C1. The molecule has 1 saturated heterocycles. The summed E-state index contributed by atoms with van der Waals surface area (Å²) in [7, 11) is -3.58. The summed E-state index contributed by atoms with van der Waals surface area (Å²) in [6.07, 6.45) is 4.55. The molecule has 1 fully saturated rings. The summed E-state index contributed by atoms with van der Waals surface area (Å²) in [5.41, 5.74) is 0.190. The molecule has 2 aromatic rings. The summed E-state index contributed by atoms with van der Waals surface area (Å²) in [5.74, 6) is -0.159. The fourth-order valence-corrected chi connectivity index (χ4v) is 4.38. The van der Waals surface area contributed by atoms with E-state index in [0.29, 0.717) is 18.7 Å². The lowest BCUT2D eigenvalue weighted by molar-refractivity contribution is 0.129. The lowest BCUT2D eigenvalue weighted by Crippen LogP contribution is -2.44. The quantitative estimate of drug-likeness (QED) is 0.832. The second kappa shape index (κ2) is 7.27. The van der Waals surface area contributed by atoms with Gasteiger partial charge in [-0.15, -0.1) is 0 Å². The Morgan fingerprint density at radius 1 is 1.21 bits per heavy atom. The number of aromatic nitrogens is 1. The van der Waals surface area contributed by atoms with Crippen LogP contribution in [0.3, 0.4) is 0 Å². The number of benzene rings is 1. The Hall–Kier alpha value is -1.99. The van der Waals surface area contributed by atoms with Crippen molar-refractivity contribution < 1.29 is 17.5 Å². The average Bonchev–Trinajstić information content (AvgIpc) is 2.58. The van der Waals surface area contributed by atoms with Crippen LogP contribution in [-0.2, 0) is 15.8 Å². The predicted molar refractivity (Wildman–Crippen MR) is 88.5 cm³/mol. The molecule has 3 rings (SSSR count). The van der Waals surface area contributed by atoms with Crippen LogP contribution in [0.2, 0.25) is 0 Å². The van der Waals surface area contributed by atoms with Gasteiger partial charge in [0.15, 0.2) is 0 Å². The largest absolute Gasteiger partial charge is 0.489 e. The van der Waals surface area contributed by atoms with Crippen LogP contribution >= 0.6 is 0 Å². The van der Waals surface area contributed by atoms with Crippen molar-refractivity contribution in [3.05, 3.63) is 60.2 Å². The molecule has 0 aliphatic carbocycles. The number of piperidine rings is 1. The van der Waals surface area contributed by atoms with Crippen LogP contribution in [0.1, 0.15) is 18.4 Å². The van der Waals surface area contributed by atoms with Crippen molar-refractivity contribution in [1.29, 1.82) is 0 Å². The molecule has 0 bridgehead atoms. The second-order valence-corrected chi connectivity index (χ2v) is 7.74. The first-order chi connectivity index (χ1) is 11.5. The van der Waals surface area contributed by atoms with Crippen molar-refractivity contribution in [3.63, 3.8) is 0 Å². The molecule has 1 atom stereocenters. The van der Waals surface area contributed by atoms with Crippen molar-refractivity contribution in [2.45, 2.75) is 24.7 Å². The molecule has 1 aliphatic heterocycles. The van der Waals surface area contributed by atoms with Gasteiger partial charge < -0.3 is 4.74 Å². The van der Waals surface area contributed by atoms with E-state index in [9.17, 15) is 12.8 Å². The van der Waals surface area contributed by atoms with Crippen LogP contribution < -0.4 is 4.74 Å². The van der Waals surface area contributed by atoms with Crippen LogP contribution in [0.4, 0.5) is 4.39 Å². The van der Waals surface area contributed by atoms with Crippen molar-refractivity contribution in [2.24, 2.45) is 0 Å². The van der Waals surface area contributed by atoms with Crippen LogP contribution in [0.15, 0.2) is 48.8 Å². The van der Waals surface area contributed by atoms with Gasteiger partial charge in [0, 0.05) is 24.5 Å². The van der Waals surface area contributed by atoms with E-state index in [4.69, 9.17) is 4.74 Å². The molecule has 1 aromatic heterocycles. The highest BCUT2D eigenvalue weighted by atomic mass is 32.2. The van der Waals surface area contributed by atoms with Gasteiger partial charge in [0.05, 0.1) is 12.3 Å². The van der Waals surface area contributed by atoms with Crippen molar-refractivity contribution in [3.8, 4) is 5.75 Å². The molecular weight excluding hydrogens is 331 g/mol. The first-order valence-corrected chi connectivity index (χ1v) is 9.43. The molecule has 7 heteroatoms. The number of rotatable bonds is 5. The standard InChI is InChI=1S/C17H19FN2O3S/c18-17-6-2-1-4-14(17)13-24(21,22)20-11-3-5-16(12-20)23-15-7-9-19-10-8-15/h1-2,4,6-10,16H,3,5,11-13H2. The number of hydrogen-bond donors (Lipinski definition) is 0. The van der Waals surface area contributed by atoms with Crippen molar-refractivity contribution >= 4 is 10.0 Å². The Balaban J connectivity index is 1.68. The fraction of sp³-hybridized carbons (Fsp3) is 0.353. The molecule has 0 amide bonds. The van der Waals surface area contributed by atoms with Crippen LogP contribution in [0.5, 0.6) is 5.75 Å². The number of ether oxygens (including phenoxy) is 1. The van der Waals surface area contributed by atoms with E-state index in [1.165, 1.54) is 16.4 Å². The van der Waals surface area contributed by atoms with Gasteiger partial charge in [-0.3, -0.25) is 4.98 Å². The lowest BCUT2D eigenvalue weighted by atomic mass is 10.1. The van der Waals surface area contributed by atoms with E-state index >= 15 is 0 Å². The highest BCUT2D eigenvalue weighted by Crippen LogP contribution is 2.22. The first-order valence-electron chi connectivity index (χ1n) is 7.82. The van der Waals surface area contributed by atoms with Crippen molar-refractivity contribution in [1.82, 2.24) is 9.29 Å². The Morgan fingerprint density at radius 2 is 1.96 bits per heavy atom. The monoisotopic (exact) mass is 350 g/mol. The van der Waals surface area contributed by atoms with Gasteiger partial charge in [0.1, 0.15) is 17.7 Å². The smallest absolute Gasteiger partial charge is 0.218 e. The minimum Gasteiger partial charge on any atom is -0.489 e. The summed E-state index contributed by atoms with van der Waals surface area (Å²) in [6.45, 7) is 0.714. The fourth-order valence-electron chi connectivity index (χ4n) is 2.77. The maximum absolute atomic E-state index is 13.7. The van der Waals surface area contributed by atoms with E-state index in [-0.39, 0.29) is 24.0 Å². The van der Waals surface area contributed by atoms with E-state index in [0.717, 1.165) is 6.42 Å². The topological polar surface area (TPSA) is 59.5 Å². The number of nitrogens with zero attached hydrogens (tertiary/aromatic N) is 2. The molecule has 24 heavy (non-hydrogen) atoms. The molecule has 5 nitrogen and oxygen atoms in total. The Bertz CT molecular complexity index is 783. The van der Waals surface area contributed by atoms with Gasteiger partial charge in [-0.05, 0) is 31.0 Å². The van der Waals surface area contributed by atoms with Crippen molar-refractivity contribution in [2.75, 3.05) is 13.1 Å². The third-order valence-corrected chi connectivity index (χ3v) is 5.78. The number of pyridine rings is 1. The summed E-state index contributed by atoms with van der Waals surface area (Å²) in [5, 5.41) is 0. The molecule has 0 saturated carbocycles. The summed E-state index contributed by atoms with van der Waals surface area (Å²) < 4.78 is 46.2. The molecule has 128 valence electrons. The number of halogens is 1. The van der Waals surface area contributed by atoms with Gasteiger partial charge >= 0.3 is 0 Å². The zero-order valence-electron chi connectivity index (χ0n) is 13.1. The molecule has 0 N–H and O–H groups in total. The van der Waals surface area contributed by atoms with Crippen LogP contribution in [-0.4, -0.2) is 36.9 Å². The third-order valence-electron chi connectivity index (χ3n) is 3.98. The number of sulfonamides is 1. The minimum absolute atomic E-state index is 0.190. The molecule has 1 unspecified atom stereocenters. The van der Waals surface area contributed by atoms with Gasteiger partial charge in [-0.25, -0.2) is 12.8 Å². The molecule has 0 radical (unpaired) electrons. The summed E-state index contributed by atoms with van der Waals surface area (Å²) in [6, 6.07) is 9.45. The van der Waals surface area contributed by atoms with Gasteiger partial charge in [-0.1, -0.05) is 18.2 Å². The molecule has 2 heterocycles. The highest BCUT2D eigenvalue weighted by molar-refractivity contribution is 7.88. The van der Waals surface area contributed by atoms with E-state index < -0.39 is 15.8 Å². The molecular formula is C17H19FN2O3S. The maximum atomic E-state index is 13.7.